The van der Waals surface area contributed by atoms with Crippen molar-refractivity contribution in [3.05, 3.63) is 58.3 Å². The monoisotopic (exact) mass is 276 g/mol. The average molecular weight is 276 g/mol. The van der Waals surface area contributed by atoms with Gasteiger partial charge < -0.3 is 4.98 Å². The van der Waals surface area contributed by atoms with Crippen molar-refractivity contribution >= 4 is 9.84 Å². The third-order valence-corrected chi connectivity index (χ3v) is 5.24. The van der Waals surface area contributed by atoms with Crippen LogP contribution in [0, 0.1) is 0 Å². The van der Waals surface area contributed by atoms with Crippen molar-refractivity contribution in [2.24, 2.45) is 0 Å². The molecule has 0 saturated heterocycles. The second-order valence-corrected chi connectivity index (χ2v) is 6.61. The van der Waals surface area contributed by atoms with E-state index in [-0.39, 0.29) is 17.2 Å². The van der Waals surface area contributed by atoms with Crippen molar-refractivity contribution in [1.29, 1.82) is 0 Å². The summed E-state index contributed by atoms with van der Waals surface area (Å²) in [5.41, 5.74) is 0.992. The second kappa shape index (κ2) is 4.31. The molecule has 1 N–H and O–H groups in total. The molecule has 98 valence electrons. The third-order valence-electron chi connectivity index (χ3n) is 3.43. The number of benzene rings is 1. The van der Waals surface area contributed by atoms with Crippen LogP contribution in [0.15, 0.2) is 46.5 Å². The van der Waals surface area contributed by atoms with Gasteiger partial charge in [-0.05, 0) is 18.1 Å². The van der Waals surface area contributed by atoms with Crippen LogP contribution in [0.4, 0.5) is 0 Å². The second-order valence-electron chi connectivity index (χ2n) is 4.53. The third kappa shape index (κ3) is 1.98. The van der Waals surface area contributed by atoms with Gasteiger partial charge in [-0.3, -0.25) is 4.79 Å². The average Bonchev–Trinajstić information content (AvgIpc) is 2.41. The number of fused-ring (bicyclic) bond motifs is 1. The molecule has 1 aromatic carbocycles. The lowest BCUT2D eigenvalue weighted by molar-refractivity contribution is 0.578. The first kappa shape index (κ1) is 12.1. The van der Waals surface area contributed by atoms with E-state index in [0.717, 1.165) is 0 Å². The van der Waals surface area contributed by atoms with Crippen LogP contribution < -0.4 is 5.56 Å². The molecule has 0 amide bonds. The summed E-state index contributed by atoms with van der Waals surface area (Å²) in [4.78, 5) is 18.6. The minimum Gasteiger partial charge on any atom is -0.313 e. The van der Waals surface area contributed by atoms with E-state index in [9.17, 15) is 13.2 Å². The molecule has 6 heteroatoms. The highest BCUT2D eigenvalue weighted by Crippen LogP contribution is 2.36. The van der Waals surface area contributed by atoms with Crippen molar-refractivity contribution in [1.82, 2.24) is 9.97 Å². The summed E-state index contributed by atoms with van der Waals surface area (Å²) in [5, 5.41) is 0. The number of hydrogen-bond acceptors (Lipinski definition) is 4. The topological polar surface area (TPSA) is 79.9 Å². The summed E-state index contributed by atoms with van der Waals surface area (Å²) in [5.74, 6) is -0.152. The Labute approximate surface area is 110 Å². The first-order valence-corrected chi connectivity index (χ1v) is 7.59. The summed E-state index contributed by atoms with van der Waals surface area (Å²) >= 11 is 0. The van der Waals surface area contributed by atoms with Crippen LogP contribution in [0.5, 0.6) is 0 Å². The lowest BCUT2D eigenvalue weighted by Gasteiger charge is -2.24. The predicted octanol–water partition coefficient (Wildman–Crippen LogP) is 1.08. The lowest BCUT2D eigenvalue weighted by Crippen LogP contribution is -2.25. The Balaban J connectivity index is 2.22. The first-order valence-electron chi connectivity index (χ1n) is 5.94. The minimum absolute atomic E-state index is 0.0585. The van der Waals surface area contributed by atoms with Crippen LogP contribution in [0.25, 0.3) is 0 Å². The van der Waals surface area contributed by atoms with Gasteiger partial charge in [-0.2, -0.15) is 0 Å². The lowest BCUT2D eigenvalue weighted by atomic mass is 9.90. The maximum absolute atomic E-state index is 12.0. The highest BCUT2D eigenvalue weighted by molar-refractivity contribution is 7.91. The largest absolute Gasteiger partial charge is 0.313 e. The number of nitrogens with one attached hydrogen (secondary N) is 1. The Hall–Kier alpha value is -1.95. The highest BCUT2D eigenvalue weighted by Gasteiger charge is 2.31. The maximum atomic E-state index is 12.0. The van der Waals surface area contributed by atoms with Crippen LogP contribution in [0.1, 0.15) is 23.5 Å². The highest BCUT2D eigenvalue weighted by atomic mass is 32.2. The first-order chi connectivity index (χ1) is 9.09. The molecule has 19 heavy (non-hydrogen) atoms. The van der Waals surface area contributed by atoms with Crippen LogP contribution in [-0.2, 0) is 9.84 Å². The summed E-state index contributed by atoms with van der Waals surface area (Å²) in [6.07, 6.45) is 3.25. The fourth-order valence-corrected chi connectivity index (χ4v) is 4.14. The van der Waals surface area contributed by atoms with Crippen LogP contribution in [0.2, 0.25) is 0 Å². The van der Waals surface area contributed by atoms with E-state index in [0.29, 0.717) is 22.4 Å². The normalized spacial score (nSPS) is 20.7. The number of hydrogen-bond donors (Lipinski definition) is 1. The molecule has 0 spiro atoms. The summed E-state index contributed by atoms with van der Waals surface area (Å²) < 4.78 is 24.1. The molecule has 3 rings (SSSR count). The quantitative estimate of drug-likeness (QED) is 0.845. The smallest absolute Gasteiger partial charge is 0.254 e. The maximum Gasteiger partial charge on any atom is 0.254 e. The SMILES string of the molecule is O=c1[nH]cncc1C1CCS(=O)(=O)c2ccccc21. The van der Waals surface area contributed by atoms with Gasteiger partial charge in [-0.25, -0.2) is 13.4 Å². The molecule has 1 aromatic heterocycles. The number of sulfone groups is 1. The molecule has 1 unspecified atom stereocenters. The van der Waals surface area contributed by atoms with E-state index >= 15 is 0 Å². The van der Waals surface area contributed by atoms with E-state index in [1.807, 2.05) is 0 Å². The zero-order valence-corrected chi connectivity index (χ0v) is 10.9. The molecule has 0 aliphatic carbocycles. The fourth-order valence-electron chi connectivity index (χ4n) is 2.52. The van der Waals surface area contributed by atoms with Crippen LogP contribution >= 0.6 is 0 Å². The summed E-state index contributed by atoms with van der Waals surface area (Å²) in [6, 6.07) is 6.86. The summed E-state index contributed by atoms with van der Waals surface area (Å²) in [7, 11) is -3.23. The number of rotatable bonds is 1. The zero-order chi connectivity index (χ0) is 13.5. The van der Waals surface area contributed by atoms with Gasteiger partial charge in [-0.1, -0.05) is 18.2 Å². The van der Waals surface area contributed by atoms with E-state index < -0.39 is 9.84 Å². The van der Waals surface area contributed by atoms with Crippen LogP contribution in [0.3, 0.4) is 0 Å². The molecule has 1 aliphatic heterocycles. The molecule has 0 fully saturated rings. The number of aromatic nitrogens is 2. The Morgan fingerprint density at radius 2 is 2.00 bits per heavy atom. The van der Waals surface area contributed by atoms with Gasteiger partial charge in [0.1, 0.15) is 0 Å². The van der Waals surface area contributed by atoms with Crippen molar-refractivity contribution < 1.29 is 8.42 Å². The molecule has 0 bridgehead atoms. The molecular formula is C13H12N2O3S. The molecule has 0 radical (unpaired) electrons. The molecule has 1 atom stereocenters. The van der Waals surface area contributed by atoms with E-state index in [4.69, 9.17) is 0 Å². The van der Waals surface area contributed by atoms with Crippen molar-refractivity contribution in [3.63, 3.8) is 0 Å². The number of H-pyrrole nitrogens is 1. The molecule has 5 nitrogen and oxygen atoms in total. The van der Waals surface area contributed by atoms with E-state index in [1.165, 1.54) is 12.5 Å². The van der Waals surface area contributed by atoms with E-state index in [1.54, 1.807) is 24.3 Å². The summed E-state index contributed by atoms with van der Waals surface area (Å²) in [6.45, 7) is 0. The number of aromatic amines is 1. The van der Waals surface area contributed by atoms with Crippen molar-refractivity contribution in [3.8, 4) is 0 Å². The van der Waals surface area contributed by atoms with Crippen LogP contribution in [-0.4, -0.2) is 24.1 Å². The van der Waals surface area contributed by atoms with Gasteiger partial charge in [0, 0.05) is 17.7 Å². The predicted molar refractivity (Wildman–Crippen MR) is 69.8 cm³/mol. The standard InChI is InChI=1S/C13H12N2O3S/c16-13-11(7-14-8-15-13)9-5-6-19(17,18)12-4-2-1-3-10(9)12/h1-4,7-9H,5-6H2,(H,14,15,16). The number of nitrogens with zero attached hydrogens (tertiary/aromatic N) is 1. The van der Waals surface area contributed by atoms with E-state index in [2.05, 4.69) is 9.97 Å². The van der Waals surface area contributed by atoms with Crippen molar-refractivity contribution in [2.45, 2.75) is 17.2 Å². The van der Waals surface area contributed by atoms with Gasteiger partial charge in [0.2, 0.25) is 0 Å². The fraction of sp³-hybridized carbons (Fsp3) is 0.231. The zero-order valence-electron chi connectivity index (χ0n) is 10.0. The van der Waals surface area contributed by atoms with Crippen molar-refractivity contribution in [2.75, 3.05) is 5.75 Å². The minimum atomic E-state index is -3.23. The molecule has 1 aliphatic rings. The van der Waals surface area contributed by atoms with Gasteiger partial charge in [0.15, 0.2) is 9.84 Å². The van der Waals surface area contributed by atoms with Gasteiger partial charge in [-0.15, -0.1) is 0 Å². The molecule has 2 heterocycles. The van der Waals surface area contributed by atoms with Gasteiger partial charge in [0.05, 0.1) is 17.0 Å². The molecule has 0 saturated carbocycles. The Morgan fingerprint density at radius 3 is 2.79 bits per heavy atom. The van der Waals surface area contributed by atoms with Gasteiger partial charge >= 0.3 is 0 Å². The Kier molecular flexibility index (Phi) is 2.74. The molecule has 2 aromatic rings. The molecular weight excluding hydrogens is 264 g/mol. The Bertz CT molecular complexity index is 780. The van der Waals surface area contributed by atoms with Gasteiger partial charge in [0.25, 0.3) is 5.56 Å². The Morgan fingerprint density at radius 1 is 1.21 bits per heavy atom.